The van der Waals surface area contributed by atoms with E-state index in [-0.39, 0.29) is 5.56 Å². The van der Waals surface area contributed by atoms with Gasteiger partial charge in [0, 0.05) is 17.6 Å². The number of hydrogen-bond donors (Lipinski definition) is 1. The molecule has 98 valence electrons. The molecule has 2 heterocycles. The van der Waals surface area contributed by atoms with Gasteiger partial charge < -0.3 is 9.67 Å². The molecule has 0 aromatic carbocycles. The summed E-state index contributed by atoms with van der Waals surface area (Å²) in [6.45, 7) is 1.86. The molecular weight excluding hydrogens is 242 g/mol. The van der Waals surface area contributed by atoms with Gasteiger partial charge in [-0.05, 0) is 38.7 Å². The van der Waals surface area contributed by atoms with Crippen molar-refractivity contribution < 1.29 is 9.90 Å². The first kappa shape index (κ1) is 11.9. The lowest BCUT2D eigenvalue weighted by Gasteiger charge is -2.15. The molecule has 2 aromatic rings. The molecule has 0 saturated heterocycles. The monoisotopic (exact) mass is 257 g/mol. The summed E-state index contributed by atoms with van der Waals surface area (Å²) in [4.78, 5) is 19.8. The summed E-state index contributed by atoms with van der Waals surface area (Å²) >= 11 is 0. The van der Waals surface area contributed by atoms with Gasteiger partial charge >= 0.3 is 5.97 Å². The van der Waals surface area contributed by atoms with Crippen LogP contribution in [0.2, 0.25) is 0 Å². The van der Waals surface area contributed by atoms with Crippen molar-refractivity contribution in [2.24, 2.45) is 0 Å². The number of fused-ring (bicyclic) bond motifs is 1. The van der Waals surface area contributed by atoms with Crippen LogP contribution in [-0.2, 0) is 12.8 Å². The van der Waals surface area contributed by atoms with Crippen LogP contribution in [0.4, 0.5) is 0 Å². The second kappa shape index (κ2) is 4.50. The predicted octanol–water partition coefficient (Wildman–Crippen LogP) is 2.15. The zero-order chi connectivity index (χ0) is 13.4. The van der Waals surface area contributed by atoms with Crippen LogP contribution in [0.5, 0.6) is 0 Å². The number of pyridine rings is 1. The average molecular weight is 257 g/mol. The highest BCUT2D eigenvalue weighted by molar-refractivity contribution is 5.91. The van der Waals surface area contributed by atoms with E-state index in [1.165, 1.54) is 6.20 Å². The molecule has 0 amide bonds. The van der Waals surface area contributed by atoms with Gasteiger partial charge in [-0.15, -0.1) is 0 Å². The van der Waals surface area contributed by atoms with E-state index in [0.717, 1.165) is 42.8 Å². The Hall–Kier alpha value is -2.17. The average Bonchev–Trinajstić information content (AvgIpc) is 2.82. The van der Waals surface area contributed by atoms with Crippen molar-refractivity contribution in [1.82, 2.24) is 14.5 Å². The van der Waals surface area contributed by atoms with Crippen molar-refractivity contribution in [1.29, 1.82) is 0 Å². The highest BCUT2D eigenvalue weighted by Crippen LogP contribution is 2.25. The molecule has 0 aliphatic heterocycles. The van der Waals surface area contributed by atoms with E-state index in [1.807, 2.05) is 11.5 Å². The van der Waals surface area contributed by atoms with Gasteiger partial charge in [0.25, 0.3) is 0 Å². The van der Waals surface area contributed by atoms with Gasteiger partial charge in [-0.1, -0.05) is 0 Å². The number of imidazole rings is 1. The van der Waals surface area contributed by atoms with Crippen molar-refractivity contribution in [3.05, 3.63) is 41.2 Å². The van der Waals surface area contributed by atoms with Crippen LogP contribution >= 0.6 is 0 Å². The fourth-order valence-electron chi connectivity index (χ4n) is 2.59. The minimum absolute atomic E-state index is 0.219. The van der Waals surface area contributed by atoms with Gasteiger partial charge in [0.15, 0.2) is 0 Å². The number of carbonyl (C=O) groups is 1. The van der Waals surface area contributed by atoms with Gasteiger partial charge in [-0.25, -0.2) is 9.78 Å². The Morgan fingerprint density at radius 3 is 2.89 bits per heavy atom. The minimum atomic E-state index is -0.958. The number of aromatic nitrogens is 3. The van der Waals surface area contributed by atoms with Gasteiger partial charge in [0.1, 0.15) is 5.56 Å². The zero-order valence-electron chi connectivity index (χ0n) is 10.8. The lowest BCUT2D eigenvalue weighted by Crippen LogP contribution is -2.11. The number of carboxylic acids is 1. The maximum atomic E-state index is 11.3. The summed E-state index contributed by atoms with van der Waals surface area (Å²) in [6, 6.07) is 1.81. The normalized spacial score (nSPS) is 14.2. The SMILES string of the molecule is Cc1cc(-n2cnc3c2CCCC3)c(C(=O)O)cn1. The molecule has 5 heteroatoms. The number of rotatable bonds is 2. The molecule has 19 heavy (non-hydrogen) atoms. The Morgan fingerprint density at radius 1 is 1.32 bits per heavy atom. The zero-order valence-corrected chi connectivity index (χ0v) is 10.8. The van der Waals surface area contributed by atoms with Gasteiger partial charge in [-0.3, -0.25) is 4.98 Å². The van der Waals surface area contributed by atoms with Crippen LogP contribution in [-0.4, -0.2) is 25.6 Å². The molecule has 0 unspecified atom stereocenters. The molecule has 0 fully saturated rings. The summed E-state index contributed by atoms with van der Waals surface area (Å²) < 4.78 is 1.91. The van der Waals surface area contributed by atoms with E-state index in [0.29, 0.717) is 5.69 Å². The van der Waals surface area contributed by atoms with E-state index in [1.54, 1.807) is 12.4 Å². The number of aryl methyl sites for hydroxylation is 2. The van der Waals surface area contributed by atoms with Crippen LogP contribution < -0.4 is 0 Å². The van der Waals surface area contributed by atoms with E-state index < -0.39 is 5.97 Å². The van der Waals surface area contributed by atoms with Gasteiger partial charge in [0.2, 0.25) is 0 Å². The maximum absolute atomic E-state index is 11.3. The summed E-state index contributed by atoms with van der Waals surface area (Å²) in [5.41, 5.74) is 3.92. The van der Waals surface area contributed by atoms with Gasteiger partial charge in [0.05, 0.1) is 17.7 Å². The van der Waals surface area contributed by atoms with Crippen molar-refractivity contribution in [3.8, 4) is 5.69 Å². The summed E-state index contributed by atoms with van der Waals surface area (Å²) in [7, 11) is 0. The first-order chi connectivity index (χ1) is 9.16. The molecule has 5 nitrogen and oxygen atoms in total. The summed E-state index contributed by atoms with van der Waals surface area (Å²) in [6.07, 6.45) is 7.38. The maximum Gasteiger partial charge on any atom is 0.339 e. The molecule has 0 spiro atoms. The van der Waals surface area contributed by atoms with Crippen molar-refractivity contribution in [3.63, 3.8) is 0 Å². The predicted molar refractivity (Wildman–Crippen MR) is 69.7 cm³/mol. The molecule has 0 saturated carbocycles. The number of nitrogens with zero attached hydrogens (tertiary/aromatic N) is 3. The highest BCUT2D eigenvalue weighted by atomic mass is 16.4. The molecule has 2 aromatic heterocycles. The summed E-state index contributed by atoms with van der Waals surface area (Å²) in [5.74, 6) is -0.958. The second-order valence-electron chi connectivity index (χ2n) is 4.86. The Labute approximate surface area is 110 Å². The molecule has 3 rings (SSSR count). The van der Waals surface area contributed by atoms with Crippen LogP contribution in [0.1, 0.15) is 40.3 Å². The van der Waals surface area contributed by atoms with Crippen LogP contribution in [0.15, 0.2) is 18.6 Å². The van der Waals surface area contributed by atoms with E-state index in [2.05, 4.69) is 9.97 Å². The quantitative estimate of drug-likeness (QED) is 0.895. The first-order valence-electron chi connectivity index (χ1n) is 6.42. The van der Waals surface area contributed by atoms with Gasteiger partial charge in [-0.2, -0.15) is 0 Å². The first-order valence-corrected chi connectivity index (χ1v) is 6.42. The topological polar surface area (TPSA) is 68.0 Å². The van der Waals surface area contributed by atoms with Crippen LogP contribution in [0.3, 0.4) is 0 Å². The Balaban J connectivity index is 2.19. The molecular formula is C14H15N3O2. The van der Waals surface area contributed by atoms with Crippen molar-refractivity contribution in [2.45, 2.75) is 32.6 Å². The largest absolute Gasteiger partial charge is 0.478 e. The highest BCUT2D eigenvalue weighted by Gasteiger charge is 2.20. The standard InChI is InChI=1S/C14H15N3O2/c1-9-6-13(10(7-15-9)14(18)19)17-8-16-11-4-2-3-5-12(11)17/h6-8H,2-5H2,1H3,(H,18,19). The van der Waals surface area contributed by atoms with E-state index in [4.69, 9.17) is 0 Å². The lowest BCUT2D eigenvalue weighted by atomic mass is 10.0. The van der Waals surface area contributed by atoms with Crippen molar-refractivity contribution >= 4 is 5.97 Å². The fourth-order valence-corrected chi connectivity index (χ4v) is 2.59. The number of aromatic carboxylic acids is 1. The Bertz CT molecular complexity index is 646. The lowest BCUT2D eigenvalue weighted by molar-refractivity contribution is 0.0696. The molecule has 0 bridgehead atoms. The van der Waals surface area contributed by atoms with E-state index in [9.17, 15) is 9.90 Å². The fraction of sp³-hybridized carbons (Fsp3) is 0.357. The van der Waals surface area contributed by atoms with Crippen LogP contribution in [0.25, 0.3) is 5.69 Å². The Morgan fingerprint density at radius 2 is 2.11 bits per heavy atom. The molecule has 1 aliphatic carbocycles. The third-order valence-electron chi connectivity index (χ3n) is 3.54. The molecule has 0 radical (unpaired) electrons. The molecule has 1 N–H and O–H groups in total. The van der Waals surface area contributed by atoms with Crippen molar-refractivity contribution in [2.75, 3.05) is 0 Å². The number of carboxylic acid groups (broad SMARTS) is 1. The third-order valence-corrected chi connectivity index (χ3v) is 3.54. The number of hydrogen-bond acceptors (Lipinski definition) is 3. The summed E-state index contributed by atoms with van der Waals surface area (Å²) in [5, 5.41) is 9.29. The van der Waals surface area contributed by atoms with Crippen LogP contribution in [0, 0.1) is 6.92 Å². The Kier molecular flexibility index (Phi) is 2.81. The third kappa shape index (κ3) is 2.01. The second-order valence-corrected chi connectivity index (χ2v) is 4.86. The molecule has 0 atom stereocenters. The smallest absolute Gasteiger partial charge is 0.339 e. The molecule has 1 aliphatic rings. The van der Waals surface area contributed by atoms with E-state index >= 15 is 0 Å². The minimum Gasteiger partial charge on any atom is -0.478 e.